The zero-order valence-corrected chi connectivity index (χ0v) is 14.0. The quantitative estimate of drug-likeness (QED) is 0.345. The molecule has 0 spiro atoms. The molecule has 0 N–H and O–H groups in total. The van der Waals surface area contributed by atoms with Gasteiger partial charge in [0.2, 0.25) is 0 Å². The van der Waals surface area contributed by atoms with Gasteiger partial charge in [-0.2, -0.15) is 35.1 Å². The number of nitro groups is 2. The third-order valence-corrected chi connectivity index (χ3v) is 4.58. The monoisotopic (exact) mass is 442 g/mol. The van der Waals surface area contributed by atoms with Gasteiger partial charge in [0.15, 0.2) is 0 Å². The molecule has 4 aliphatic rings. The molecule has 2 aromatic rings. The van der Waals surface area contributed by atoms with E-state index in [-0.39, 0.29) is 36.4 Å². The SMILES string of the molecule is O=[N+]([O-])c1cc2ccc1C(F)(F)C(F)(F)c1ccc(cc1[N+](=O)[O-])C(F)(F)C2(F)F. The van der Waals surface area contributed by atoms with Crippen LogP contribution in [0.3, 0.4) is 0 Å². The largest absolute Gasteiger partial charge is 0.346 e. The van der Waals surface area contributed by atoms with E-state index in [9.17, 15) is 55.4 Å². The Morgan fingerprint density at radius 2 is 0.867 bits per heavy atom. The third-order valence-electron chi connectivity index (χ3n) is 4.58. The molecule has 0 amide bonds. The van der Waals surface area contributed by atoms with Gasteiger partial charge in [-0.1, -0.05) is 12.1 Å². The van der Waals surface area contributed by atoms with Gasteiger partial charge >= 0.3 is 23.7 Å². The van der Waals surface area contributed by atoms with Crippen LogP contribution in [0.15, 0.2) is 36.4 Å². The molecule has 0 aromatic heterocycles. The highest BCUT2D eigenvalue weighted by molar-refractivity contribution is 5.54. The first-order chi connectivity index (χ1) is 13.6. The van der Waals surface area contributed by atoms with E-state index >= 15 is 0 Å². The lowest BCUT2D eigenvalue weighted by Crippen LogP contribution is -2.39. The van der Waals surface area contributed by atoms with E-state index in [2.05, 4.69) is 0 Å². The number of hydrogen-bond acceptors (Lipinski definition) is 4. The van der Waals surface area contributed by atoms with E-state index in [1.807, 2.05) is 0 Å². The second-order valence-corrected chi connectivity index (χ2v) is 6.28. The summed E-state index contributed by atoms with van der Waals surface area (Å²) >= 11 is 0. The van der Waals surface area contributed by atoms with E-state index in [0.717, 1.165) is 0 Å². The van der Waals surface area contributed by atoms with Crippen molar-refractivity contribution in [2.24, 2.45) is 0 Å². The van der Waals surface area contributed by atoms with Crippen molar-refractivity contribution in [2.75, 3.05) is 0 Å². The summed E-state index contributed by atoms with van der Waals surface area (Å²) in [4.78, 5) is 18.7. The fraction of sp³-hybridized carbons (Fsp3) is 0.250. The lowest BCUT2D eigenvalue weighted by molar-refractivity contribution is -0.392. The molecule has 0 atom stereocenters. The summed E-state index contributed by atoms with van der Waals surface area (Å²) in [7, 11) is 0. The molecule has 14 heteroatoms. The molecule has 0 fully saturated rings. The molecule has 0 saturated carbocycles. The topological polar surface area (TPSA) is 86.3 Å². The highest BCUT2D eigenvalue weighted by Crippen LogP contribution is 2.57. The molecular formula is C16H6F8N2O4. The Labute approximate surface area is 160 Å². The molecule has 30 heavy (non-hydrogen) atoms. The van der Waals surface area contributed by atoms with Crippen LogP contribution in [-0.4, -0.2) is 9.85 Å². The number of alkyl halides is 8. The van der Waals surface area contributed by atoms with E-state index in [4.69, 9.17) is 0 Å². The molecule has 4 aliphatic carbocycles. The second kappa shape index (κ2) is 6.09. The van der Waals surface area contributed by atoms with Crippen molar-refractivity contribution < 1.29 is 45.0 Å². The summed E-state index contributed by atoms with van der Waals surface area (Å²) in [5, 5.41) is 22.2. The van der Waals surface area contributed by atoms with Crippen molar-refractivity contribution in [2.45, 2.75) is 23.7 Å². The van der Waals surface area contributed by atoms with Gasteiger partial charge in [0.25, 0.3) is 11.4 Å². The average molecular weight is 442 g/mol. The zero-order chi connectivity index (χ0) is 22.9. The number of halogens is 8. The van der Waals surface area contributed by atoms with Gasteiger partial charge < -0.3 is 0 Å². The van der Waals surface area contributed by atoms with Gasteiger partial charge in [0, 0.05) is 23.3 Å². The molecule has 160 valence electrons. The number of nitrogens with zero attached hydrogens (tertiary/aromatic N) is 2. The molecule has 6 nitrogen and oxygen atoms in total. The molecule has 4 bridgehead atoms. The van der Waals surface area contributed by atoms with Gasteiger partial charge in [-0.15, -0.1) is 0 Å². The van der Waals surface area contributed by atoms with Crippen molar-refractivity contribution >= 4 is 11.4 Å². The van der Waals surface area contributed by atoms with Crippen LogP contribution in [0.4, 0.5) is 46.5 Å². The van der Waals surface area contributed by atoms with Crippen LogP contribution in [0.25, 0.3) is 0 Å². The maximum Gasteiger partial charge on any atom is 0.346 e. The van der Waals surface area contributed by atoms with Crippen molar-refractivity contribution in [1.82, 2.24) is 0 Å². The first kappa shape index (κ1) is 21.4. The first-order valence-corrected chi connectivity index (χ1v) is 7.67. The Balaban J connectivity index is 2.55. The summed E-state index contributed by atoms with van der Waals surface area (Å²) in [5.41, 5.74) is -11.8. The zero-order valence-electron chi connectivity index (χ0n) is 14.0. The first-order valence-electron chi connectivity index (χ1n) is 7.67. The lowest BCUT2D eigenvalue weighted by atomic mass is 9.87. The number of benzene rings is 2. The summed E-state index contributed by atoms with van der Waals surface area (Å²) in [6, 6.07) is -1.24. The summed E-state index contributed by atoms with van der Waals surface area (Å²) in [5.74, 6) is -21.6. The maximum atomic E-state index is 14.7. The van der Waals surface area contributed by atoms with Crippen molar-refractivity contribution in [3.63, 3.8) is 0 Å². The van der Waals surface area contributed by atoms with Crippen LogP contribution in [-0.2, 0) is 23.7 Å². The van der Waals surface area contributed by atoms with E-state index in [0.29, 0.717) is 0 Å². The third kappa shape index (κ3) is 2.62. The second-order valence-electron chi connectivity index (χ2n) is 6.28. The van der Waals surface area contributed by atoms with Gasteiger partial charge in [-0.25, -0.2) is 0 Å². The Hall–Kier alpha value is -3.32. The van der Waals surface area contributed by atoms with Crippen LogP contribution in [0.2, 0.25) is 0 Å². The molecular weight excluding hydrogens is 436 g/mol. The highest BCUT2D eigenvalue weighted by Gasteiger charge is 2.65. The fourth-order valence-electron chi connectivity index (χ4n) is 2.99. The van der Waals surface area contributed by atoms with Gasteiger partial charge in [0.1, 0.15) is 11.1 Å². The normalized spacial score (nSPS) is 20.3. The minimum absolute atomic E-state index is 0.0669. The summed E-state index contributed by atoms with van der Waals surface area (Å²) in [6.45, 7) is 0. The fourth-order valence-corrected chi connectivity index (χ4v) is 2.99. The number of rotatable bonds is 2. The highest BCUT2D eigenvalue weighted by atomic mass is 19.3. The molecule has 2 aromatic carbocycles. The standard InChI is InChI=1S/C16H6F8N2O4/c17-13(18)7-1-3-9(11(5-7)25(27)28)15(21,22)16(23,24)10-4-2-8(14(13,19)20)6-12(10)26(29)30/h1-6H. The van der Waals surface area contributed by atoms with Crippen LogP contribution < -0.4 is 0 Å². The minimum Gasteiger partial charge on any atom is -0.258 e. The summed E-state index contributed by atoms with van der Waals surface area (Å²) < 4.78 is 117. The molecule has 0 radical (unpaired) electrons. The van der Waals surface area contributed by atoms with Crippen molar-refractivity contribution in [3.05, 3.63) is 78.9 Å². The van der Waals surface area contributed by atoms with Crippen molar-refractivity contribution in [3.8, 4) is 0 Å². The predicted octanol–water partition coefficient (Wildman–Crippen LogP) is 5.58. The molecule has 6 rings (SSSR count). The molecule has 0 heterocycles. The number of nitro benzene ring substituents is 2. The van der Waals surface area contributed by atoms with Crippen LogP contribution in [0, 0.1) is 20.2 Å². The average Bonchev–Trinajstić information content (AvgIpc) is 2.65. The Morgan fingerprint density at radius 1 is 0.567 bits per heavy atom. The van der Waals surface area contributed by atoms with Gasteiger partial charge in [-0.3, -0.25) is 20.2 Å². The maximum absolute atomic E-state index is 14.7. The number of hydrogen-bond donors (Lipinski definition) is 0. The van der Waals surface area contributed by atoms with E-state index in [1.54, 1.807) is 0 Å². The Bertz CT molecular complexity index is 1000. The Morgan fingerprint density at radius 3 is 1.13 bits per heavy atom. The smallest absolute Gasteiger partial charge is 0.258 e. The van der Waals surface area contributed by atoms with E-state index < -0.39 is 67.2 Å². The lowest BCUT2D eigenvalue weighted by Gasteiger charge is -2.31. The van der Waals surface area contributed by atoms with Crippen LogP contribution in [0.1, 0.15) is 22.3 Å². The minimum atomic E-state index is -5.50. The molecule has 0 unspecified atom stereocenters. The van der Waals surface area contributed by atoms with Gasteiger partial charge in [-0.05, 0) is 12.1 Å². The molecule has 0 aliphatic heterocycles. The van der Waals surface area contributed by atoms with Crippen LogP contribution in [0.5, 0.6) is 0 Å². The Kier molecular flexibility index (Phi) is 4.34. The van der Waals surface area contributed by atoms with E-state index in [1.165, 1.54) is 0 Å². The van der Waals surface area contributed by atoms with Crippen molar-refractivity contribution in [1.29, 1.82) is 0 Å². The van der Waals surface area contributed by atoms with Crippen LogP contribution >= 0.6 is 0 Å². The molecule has 0 saturated heterocycles. The predicted molar refractivity (Wildman–Crippen MR) is 81.8 cm³/mol. The summed E-state index contributed by atoms with van der Waals surface area (Å²) in [6.07, 6.45) is 0. The van der Waals surface area contributed by atoms with Gasteiger partial charge in [0.05, 0.1) is 9.85 Å².